The zero-order chi connectivity index (χ0) is 29.4. The van der Waals surface area contributed by atoms with Crippen molar-refractivity contribution in [3.8, 4) is 5.75 Å². The van der Waals surface area contributed by atoms with Crippen LogP contribution in [0.5, 0.6) is 5.75 Å². The summed E-state index contributed by atoms with van der Waals surface area (Å²) >= 11 is 0. The third kappa shape index (κ3) is 9.69. The van der Waals surface area contributed by atoms with Crippen molar-refractivity contribution in [2.45, 2.75) is 57.7 Å². The third-order valence-electron chi connectivity index (χ3n) is 7.47. The number of phenols is 1. The maximum atomic E-state index is 13.3. The summed E-state index contributed by atoms with van der Waals surface area (Å²) < 4.78 is 11.8. The number of fused-ring (bicyclic) bond motifs is 1. The summed E-state index contributed by atoms with van der Waals surface area (Å²) in [5.41, 5.74) is 3.02. The lowest BCUT2D eigenvalue weighted by Crippen LogP contribution is -2.26. The highest BCUT2D eigenvalue weighted by Gasteiger charge is 2.20. The summed E-state index contributed by atoms with van der Waals surface area (Å²) in [6, 6.07) is 28.9. The first kappa shape index (κ1) is 31.2. The molecule has 0 saturated carbocycles. The van der Waals surface area contributed by atoms with Crippen LogP contribution in [-0.2, 0) is 22.5 Å². The molecule has 0 spiro atoms. The minimum Gasteiger partial charge on any atom is -0.508 e. The molecule has 6 nitrogen and oxygen atoms in total. The van der Waals surface area contributed by atoms with E-state index in [4.69, 9.17) is 9.47 Å². The standard InChI is InChI=1S/C36H43NO5/c38-27-31-25-30(20-21-34(31)39)35(42-36(40)33-19-12-17-29-16-6-7-18-32(29)33)26-37-22-9-1-2-10-23-41-24-11-8-15-28-13-4-3-5-14-28/h3-7,12-14,16-21,25,35,37-39H,1-2,8-11,15,22-24,26-27H2/t35-/m1/s1. The van der Waals surface area contributed by atoms with Gasteiger partial charge in [0.25, 0.3) is 0 Å². The Hall–Kier alpha value is -3.71. The van der Waals surface area contributed by atoms with E-state index in [9.17, 15) is 15.0 Å². The van der Waals surface area contributed by atoms with Gasteiger partial charge in [-0.1, -0.05) is 85.6 Å². The molecule has 3 N–H and O–H groups in total. The van der Waals surface area contributed by atoms with Crippen LogP contribution in [0.15, 0.2) is 91.0 Å². The van der Waals surface area contributed by atoms with Crippen LogP contribution in [0.3, 0.4) is 0 Å². The zero-order valence-corrected chi connectivity index (χ0v) is 24.3. The minimum atomic E-state index is -0.572. The van der Waals surface area contributed by atoms with Gasteiger partial charge in [-0.25, -0.2) is 4.79 Å². The van der Waals surface area contributed by atoms with E-state index >= 15 is 0 Å². The molecular weight excluding hydrogens is 526 g/mol. The van der Waals surface area contributed by atoms with Crippen molar-refractivity contribution in [1.29, 1.82) is 0 Å². The van der Waals surface area contributed by atoms with E-state index in [1.807, 2.05) is 36.4 Å². The van der Waals surface area contributed by atoms with E-state index < -0.39 is 12.1 Å². The van der Waals surface area contributed by atoms with Crippen molar-refractivity contribution < 1.29 is 24.5 Å². The number of hydrogen-bond acceptors (Lipinski definition) is 6. The Bertz CT molecular complexity index is 1370. The van der Waals surface area contributed by atoms with Gasteiger partial charge < -0.3 is 25.0 Å². The van der Waals surface area contributed by atoms with E-state index in [2.05, 4.69) is 35.6 Å². The second-order valence-electron chi connectivity index (χ2n) is 10.6. The fraction of sp³-hybridized carbons (Fsp3) is 0.361. The molecule has 4 aromatic rings. The van der Waals surface area contributed by atoms with Crippen molar-refractivity contribution in [2.75, 3.05) is 26.3 Å². The van der Waals surface area contributed by atoms with E-state index in [-0.39, 0.29) is 12.4 Å². The average Bonchev–Trinajstić information content (AvgIpc) is 3.03. The van der Waals surface area contributed by atoms with Gasteiger partial charge in [0, 0.05) is 25.3 Å². The summed E-state index contributed by atoms with van der Waals surface area (Å²) in [6.45, 7) is 2.56. The third-order valence-corrected chi connectivity index (χ3v) is 7.47. The van der Waals surface area contributed by atoms with E-state index in [1.165, 1.54) is 11.6 Å². The molecule has 0 aliphatic carbocycles. The Morgan fingerprint density at radius 2 is 1.52 bits per heavy atom. The van der Waals surface area contributed by atoms with Crippen molar-refractivity contribution in [3.05, 3.63) is 113 Å². The second-order valence-corrected chi connectivity index (χ2v) is 10.6. The number of hydrogen-bond donors (Lipinski definition) is 3. The molecule has 4 aromatic carbocycles. The topological polar surface area (TPSA) is 88.0 Å². The molecule has 222 valence electrons. The van der Waals surface area contributed by atoms with Gasteiger partial charge in [-0.15, -0.1) is 0 Å². The summed E-state index contributed by atoms with van der Waals surface area (Å²) in [6.07, 6.45) is 7.06. The Balaban J connectivity index is 1.18. The monoisotopic (exact) mass is 569 g/mol. The fourth-order valence-electron chi connectivity index (χ4n) is 5.08. The average molecular weight is 570 g/mol. The number of carbonyl (C=O) groups excluding carboxylic acids is 1. The highest BCUT2D eigenvalue weighted by atomic mass is 16.5. The molecule has 0 bridgehead atoms. The molecule has 42 heavy (non-hydrogen) atoms. The number of aliphatic hydroxyl groups excluding tert-OH is 1. The Kier molecular flexibility index (Phi) is 12.9. The molecule has 0 radical (unpaired) electrons. The lowest BCUT2D eigenvalue weighted by Gasteiger charge is -2.20. The van der Waals surface area contributed by atoms with Crippen molar-refractivity contribution in [3.63, 3.8) is 0 Å². The number of esters is 1. The number of rotatable bonds is 18. The van der Waals surface area contributed by atoms with Crippen LogP contribution in [-0.4, -0.2) is 42.5 Å². The smallest absolute Gasteiger partial charge is 0.339 e. The molecule has 6 heteroatoms. The maximum Gasteiger partial charge on any atom is 0.339 e. The van der Waals surface area contributed by atoms with Crippen LogP contribution in [0.4, 0.5) is 0 Å². The molecule has 0 unspecified atom stereocenters. The molecule has 0 aromatic heterocycles. The molecule has 1 atom stereocenters. The number of benzene rings is 4. The number of carbonyl (C=O) groups is 1. The van der Waals surface area contributed by atoms with Crippen LogP contribution < -0.4 is 5.32 Å². The van der Waals surface area contributed by atoms with Gasteiger partial charge >= 0.3 is 5.97 Å². The summed E-state index contributed by atoms with van der Waals surface area (Å²) in [7, 11) is 0. The van der Waals surface area contributed by atoms with Gasteiger partial charge in [-0.3, -0.25) is 0 Å². The molecule has 0 amide bonds. The molecule has 0 fully saturated rings. The Morgan fingerprint density at radius 1 is 0.786 bits per heavy atom. The number of aromatic hydroxyl groups is 1. The zero-order valence-electron chi connectivity index (χ0n) is 24.3. The molecular formula is C36H43NO5. The number of unbranched alkanes of at least 4 members (excludes halogenated alkanes) is 4. The fourth-order valence-corrected chi connectivity index (χ4v) is 5.08. The first-order valence-electron chi connectivity index (χ1n) is 15.1. The van der Waals surface area contributed by atoms with Crippen LogP contribution >= 0.6 is 0 Å². The number of aryl methyl sites for hydroxylation is 1. The van der Waals surface area contributed by atoms with Crippen LogP contribution in [0, 0.1) is 0 Å². The van der Waals surface area contributed by atoms with Crippen molar-refractivity contribution >= 4 is 16.7 Å². The SMILES string of the molecule is O=C(O[C@H](CNCCCCCCOCCCCc1ccccc1)c1ccc(O)c(CO)c1)c1cccc2ccccc12. The quantitative estimate of drug-likeness (QED) is 0.0873. The van der Waals surface area contributed by atoms with E-state index in [0.29, 0.717) is 17.7 Å². The normalized spacial score (nSPS) is 11.9. The molecule has 0 aliphatic heterocycles. The summed E-state index contributed by atoms with van der Waals surface area (Å²) in [5.74, 6) is -0.387. The number of aliphatic hydroxyl groups is 1. The highest BCUT2D eigenvalue weighted by molar-refractivity contribution is 6.04. The van der Waals surface area contributed by atoms with Gasteiger partial charge in [0.05, 0.1) is 12.2 Å². The van der Waals surface area contributed by atoms with Crippen LogP contribution in [0.2, 0.25) is 0 Å². The lowest BCUT2D eigenvalue weighted by atomic mass is 10.0. The van der Waals surface area contributed by atoms with Crippen molar-refractivity contribution in [2.24, 2.45) is 0 Å². The summed E-state index contributed by atoms with van der Waals surface area (Å²) in [5, 5.41) is 24.9. The van der Waals surface area contributed by atoms with E-state index in [0.717, 1.165) is 81.0 Å². The first-order valence-corrected chi connectivity index (χ1v) is 15.1. The van der Waals surface area contributed by atoms with Gasteiger partial charge in [-0.2, -0.15) is 0 Å². The van der Waals surface area contributed by atoms with Gasteiger partial charge in [0.15, 0.2) is 0 Å². The number of ether oxygens (including phenoxy) is 2. The van der Waals surface area contributed by atoms with Crippen LogP contribution in [0.1, 0.15) is 71.7 Å². The highest BCUT2D eigenvalue weighted by Crippen LogP contribution is 2.27. The molecule has 0 aliphatic rings. The molecule has 0 saturated heterocycles. The lowest BCUT2D eigenvalue weighted by molar-refractivity contribution is 0.0299. The number of nitrogens with one attached hydrogen (secondary N) is 1. The predicted octanol–water partition coefficient (Wildman–Crippen LogP) is 7.13. The first-order chi connectivity index (χ1) is 20.7. The predicted molar refractivity (Wildman–Crippen MR) is 168 cm³/mol. The Morgan fingerprint density at radius 3 is 2.36 bits per heavy atom. The van der Waals surface area contributed by atoms with Gasteiger partial charge in [0.2, 0.25) is 0 Å². The Labute approximate surface area is 249 Å². The van der Waals surface area contributed by atoms with E-state index in [1.54, 1.807) is 18.2 Å². The van der Waals surface area contributed by atoms with Crippen molar-refractivity contribution in [1.82, 2.24) is 5.32 Å². The molecule has 0 heterocycles. The van der Waals surface area contributed by atoms with Gasteiger partial charge in [0.1, 0.15) is 11.9 Å². The summed E-state index contributed by atoms with van der Waals surface area (Å²) in [4.78, 5) is 13.3. The maximum absolute atomic E-state index is 13.3. The van der Waals surface area contributed by atoms with Gasteiger partial charge in [-0.05, 0) is 78.7 Å². The second kappa shape index (κ2) is 17.3. The molecule has 4 rings (SSSR count). The largest absolute Gasteiger partial charge is 0.508 e. The minimum absolute atomic E-state index is 0.0181. The van der Waals surface area contributed by atoms with Crippen LogP contribution in [0.25, 0.3) is 10.8 Å².